The summed E-state index contributed by atoms with van der Waals surface area (Å²) in [6.07, 6.45) is -0.745. The van der Waals surface area contributed by atoms with Crippen molar-refractivity contribution in [3.05, 3.63) is 50.1 Å². The summed E-state index contributed by atoms with van der Waals surface area (Å²) >= 11 is 13.2. The lowest BCUT2D eigenvalue weighted by Gasteiger charge is -2.11. The zero-order valence-electron chi connectivity index (χ0n) is 10.3. The second-order valence-corrected chi connectivity index (χ2v) is 5.71. The van der Waals surface area contributed by atoms with Gasteiger partial charge in [-0.25, -0.2) is 0 Å². The second kappa shape index (κ2) is 6.45. The van der Waals surface area contributed by atoms with E-state index in [1.807, 2.05) is 10.8 Å². The lowest BCUT2D eigenvalue weighted by Crippen LogP contribution is -2.28. The molecule has 0 radical (unpaired) electrons. The van der Waals surface area contributed by atoms with Gasteiger partial charge >= 0.3 is 0 Å². The lowest BCUT2D eigenvalue weighted by molar-refractivity contribution is 0.0916. The highest BCUT2D eigenvalue weighted by Crippen LogP contribution is 2.29. The molecule has 4 nitrogen and oxygen atoms in total. The molecular weight excluding hydrogens is 319 g/mol. The third-order valence-electron chi connectivity index (χ3n) is 2.70. The summed E-state index contributed by atoms with van der Waals surface area (Å²) in [4.78, 5) is 12.0. The van der Waals surface area contributed by atoms with E-state index >= 15 is 0 Å². The SMILES string of the molecule is Nc1cc(C(=O)NCC(O)c2ccsc2)cc(Cl)c1Cl. The first-order valence-electron chi connectivity index (χ1n) is 5.72. The molecule has 2 aromatic rings. The molecule has 4 N–H and O–H groups in total. The predicted molar refractivity (Wildman–Crippen MR) is 82.5 cm³/mol. The molecule has 0 aliphatic rings. The summed E-state index contributed by atoms with van der Waals surface area (Å²) < 4.78 is 0. The molecule has 1 amide bonds. The van der Waals surface area contributed by atoms with E-state index in [2.05, 4.69) is 5.32 Å². The molecule has 0 saturated heterocycles. The normalized spacial score (nSPS) is 12.2. The van der Waals surface area contributed by atoms with Crippen molar-refractivity contribution in [3.63, 3.8) is 0 Å². The van der Waals surface area contributed by atoms with Crippen LogP contribution in [0.5, 0.6) is 0 Å². The van der Waals surface area contributed by atoms with Gasteiger partial charge in [0.2, 0.25) is 0 Å². The predicted octanol–water partition coefficient (Wildman–Crippen LogP) is 3.10. The van der Waals surface area contributed by atoms with Crippen LogP contribution in [0.2, 0.25) is 10.0 Å². The van der Waals surface area contributed by atoms with E-state index < -0.39 is 6.10 Å². The number of aliphatic hydroxyl groups excluding tert-OH is 1. The molecule has 1 aromatic heterocycles. The van der Waals surface area contributed by atoms with Gasteiger partial charge in [-0.2, -0.15) is 11.3 Å². The van der Waals surface area contributed by atoms with Crippen molar-refractivity contribution < 1.29 is 9.90 Å². The van der Waals surface area contributed by atoms with Crippen LogP contribution in [-0.4, -0.2) is 17.6 Å². The van der Waals surface area contributed by atoms with Crippen LogP contribution in [-0.2, 0) is 0 Å². The first kappa shape index (κ1) is 15.1. The standard InChI is InChI=1S/C13H12Cl2N2O2S/c14-9-3-8(4-10(16)12(9)15)13(19)17-5-11(18)7-1-2-20-6-7/h1-4,6,11,18H,5,16H2,(H,17,19). The number of hydrogen-bond acceptors (Lipinski definition) is 4. The molecule has 0 bridgehead atoms. The Morgan fingerprint density at radius 3 is 2.80 bits per heavy atom. The number of aliphatic hydroxyl groups is 1. The zero-order chi connectivity index (χ0) is 14.7. The summed E-state index contributed by atoms with van der Waals surface area (Å²) in [5.41, 5.74) is 6.95. The topological polar surface area (TPSA) is 75.4 Å². The van der Waals surface area contributed by atoms with Gasteiger partial charge in [0.15, 0.2) is 0 Å². The summed E-state index contributed by atoms with van der Waals surface area (Å²) in [7, 11) is 0. The van der Waals surface area contributed by atoms with Gasteiger partial charge in [-0.1, -0.05) is 23.2 Å². The van der Waals surface area contributed by atoms with Gasteiger partial charge in [0, 0.05) is 12.1 Å². The van der Waals surface area contributed by atoms with E-state index in [9.17, 15) is 9.90 Å². The van der Waals surface area contributed by atoms with Crippen LogP contribution in [0.1, 0.15) is 22.0 Å². The van der Waals surface area contributed by atoms with Crippen molar-refractivity contribution in [2.75, 3.05) is 12.3 Å². The summed E-state index contributed by atoms with van der Waals surface area (Å²) in [5.74, 6) is -0.371. The van der Waals surface area contributed by atoms with Crippen molar-refractivity contribution in [3.8, 4) is 0 Å². The molecule has 7 heteroatoms. The van der Waals surface area contributed by atoms with Gasteiger partial charge in [-0.3, -0.25) is 4.79 Å². The van der Waals surface area contributed by atoms with Crippen molar-refractivity contribution in [2.24, 2.45) is 0 Å². The molecule has 20 heavy (non-hydrogen) atoms. The van der Waals surface area contributed by atoms with Gasteiger partial charge in [-0.05, 0) is 34.5 Å². The van der Waals surface area contributed by atoms with Gasteiger partial charge < -0.3 is 16.2 Å². The van der Waals surface area contributed by atoms with E-state index in [4.69, 9.17) is 28.9 Å². The molecule has 1 unspecified atom stereocenters. The molecule has 0 saturated carbocycles. The summed E-state index contributed by atoms with van der Waals surface area (Å²) in [6, 6.07) is 4.69. The van der Waals surface area contributed by atoms with Crippen LogP contribution < -0.4 is 11.1 Å². The Labute approximate surface area is 130 Å². The number of benzene rings is 1. The highest BCUT2D eigenvalue weighted by Gasteiger charge is 2.13. The van der Waals surface area contributed by atoms with Crippen molar-refractivity contribution >= 4 is 46.1 Å². The van der Waals surface area contributed by atoms with E-state index in [-0.39, 0.29) is 28.2 Å². The quantitative estimate of drug-likeness (QED) is 0.754. The number of nitrogens with one attached hydrogen (secondary N) is 1. The fourth-order valence-corrected chi connectivity index (χ4v) is 2.66. The number of nitrogens with two attached hydrogens (primary N) is 1. The first-order chi connectivity index (χ1) is 9.49. The van der Waals surface area contributed by atoms with E-state index in [0.717, 1.165) is 5.56 Å². The molecule has 2 rings (SSSR count). The Kier molecular flexibility index (Phi) is 4.88. The van der Waals surface area contributed by atoms with Crippen LogP contribution in [0.15, 0.2) is 29.0 Å². The number of anilines is 1. The third-order valence-corrected chi connectivity index (χ3v) is 4.22. The van der Waals surface area contributed by atoms with E-state index in [1.54, 1.807) is 6.07 Å². The minimum atomic E-state index is -0.745. The number of nitrogen functional groups attached to an aromatic ring is 1. The van der Waals surface area contributed by atoms with Crippen molar-refractivity contribution in [2.45, 2.75) is 6.10 Å². The lowest BCUT2D eigenvalue weighted by atomic mass is 10.1. The highest BCUT2D eigenvalue weighted by atomic mass is 35.5. The van der Waals surface area contributed by atoms with Crippen molar-refractivity contribution in [1.82, 2.24) is 5.32 Å². The van der Waals surface area contributed by atoms with E-state index in [0.29, 0.717) is 5.56 Å². The average molecular weight is 331 g/mol. The van der Waals surface area contributed by atoms with E-state index in [1.165, 1.54) is 23.5 Å². The van der Waals surface area contributed by atoms with Crippen LogP contribution in [0, 0.1) is 0 Å². The monoisotopic (exact) mass is 330 g/mol. The fraction of sp³-hybridized carbons (Fsp3) is 0.154. The molecule has 0 spiro atoms. The Morgan fingerprint density at radius 2 is 2.20 bits per heavy atom. The van der Waals surface area contributed by atoms with Gasteiger partial charge in [0.25, 0.3) is 5.91 Å². The fourth-order valence-electron chi connectivity index (χ4n) is 1.62. The third kappa shape index (κ3) is 3.43. The molecule has 1 atom stereocenters. The molecule has 106 valence electrons. The first-order valence-corrected chi connectivity index (χ1v) is 7.41. The summed E-state index contributed by atoms with van der Waals surface area (Å²) in [5, 5.41) is 16.6. The van der Waals surface area contributed by atoms with Crippen LogP contribution >= 0.6 is 34.5 Å². The van der Waals surface area contributed by atoms with Gasteiger partial charge in [0.1, 0.15) is 0 Å². The number of carbonyl (C=O) groups excluding carboxylic acids is 1. The maximum Gasteiger partial charge on any atom is 0.251 e. The van der Waals surface area contributed by atoms with Gasteiger partial charge in [0.05, 0.1) is 21.8 Å². The summed E-state index contributed by atoms with van der Waals surface area (Å²) in [6.45, 7) is 0.107. The minimum Gasteiger partial charge on any atom is -0.397 e. The van der Waals surface area contributed by atoms with Crippen LogP contribution in [0.4, 0.5) is 5.69 Å². The maximum absolute atomic E-state index is 12.0. The number of rotatable bonds is 4. The number of thiophene rings is 1. The van der Waals surface area contributed by atoms with Crippen molar-refractivity contribution in [1.29, 1.82) is 0 Å². The second-order valence-electron chi connectivity index (χ2n) is 4.14. The number of carbonyl (C=O) groups is 1. The van der Waals surface area contributed by atoms with Crippen LogP contribution in [0.25, 0.3) is 0 Å². The Hall–Kier alpha value is -1.27. The smallest absolute Gasteiger partial charge is 0.251 e. The number of hydrogen-bond donors (Lipinski definition) is 3. The molecular formula is C13H12Cl2N2O2S. The molecule has 0 fully saturated rings. The number of amides is 1. The van der Waals surface area contributed by atoms with Crippen LogP contribution in [0.3, 0.4) is 0 Å². The largest absolute Gasteiger partial charge is 0.397 e. The Balaban J connectivity index is 2.02. The Bertz CT molecular complexity index is 594. The zero-order valence-corrected chi connectivity index (χ0v) is 12.6. The van der Waals surface area contributed by atoms with Gasteiger partial charge in [-0.15, -0.1) is 0 Å². The highest BCUT2D eigenvalue weighted by molar-refractivity contribution is 7.07. The molecule has 0 aliphatic carbocycles. The Morgan fingerprint density at radius 1 is 1.45 bits per heavy atom. The number of halogens is 2. The minimum absolute atomic E-state index is 0.107. The molecule has 0 aliphatic heterocycles. The molecule has 1 heterocycles. The average Bonchev–Trinajstić information content (AvgIpc) is 2.95. The molecule has 1 aromatic carbocycles. The maximum atomic E-state index is 12.0.